The second-order valence-electron chi connectivity index (χ2n) is 6.32. The summed E-state index contributed by atoms with van der Waals surface area (Å²) in [5.74, 6) is 1.65. The summed E-state index contributed by atoms with van der Waals surface area (Å²) in [6.07, 6.45) is 4.45. The predicted octanol–water partition coefficient (Wildman–Crippen LogP) is 3.53. The van der Waals surface area contributed by atoms with Gasteiger partial charge in [-0.15, -0.1) is 0 Å². The number of H-pyrrole nitrogens is 1. The normalized spacial score (nSPS) is 17.0. The standard InChI is InChI=1S/C19H21BrN4O2/c20-14-10-17-19(22-11-14)24-18(23-17)13-3-5-15(6-4-13)26-9-7-21-12-16-2-1-8-25-16/h3-6,10-11,16,21H,1-2,7-9,12H2,(H,22,23,24). The Labute approximate surface area is 160 Å². The van der Waals surface area contributed by atoms with E-state index in [1.165, 1.54) is 6.42 Å². The summed E-state index contributed by atoms with van der Waals surface area (Å²) >= 11 is 3.42. The van der Waals surface area contributed by atoms with Gasteiger partial charge in [-0.25, -0.2) is 9.97 Å². The van der Waals surface area contributed by atoms with E-state index in [2.05, 4.69) is 36.2 Å². The summed E-state index contributed by atoms with van der Waals surface area (Å²) in [5, 5.41) is 3.38. The number of nitrogens with zero attached hydrogens (tertiary/aromatic N) is 2. The molecule has 3 aromatic rings. The number of nitrogens with one attached hydrogen (secondary N) is 2. The molecule has 7 heteroatoms. The Morgan fingerprint density at radius 1 is 1.31 bits per heavy atom. The first kappa shape index (κ1) is 17.5. The molecule has 6 nitrogen and oxygen atoms in total. The fourth-order valence-corrected chi connectivity index (χ4v) is 3.36. The number of fused-ring (bicyclic) bond motifs is 1. The van der Waals surface area contributed by atoms with Gasteiger partial charge >= 0.3 is 0 Å². The lowest BCUT2D eigenvalue weighted by atomic mass is 10.2. The van der Waals surface area contributed by atoms with Crippen LogP contribution in [0, 0.1) is 0 Å². The number of rotatable bonds is 7. The van der Waals surface area contributed by atoms with Crippen LogP contribution in [0.25, 0.3) is 22.6 Å². The van der Waals surface area contributed by atoms with E-state index in [9.17, 15) is 0 Å². The minimum Gasteiger partial charge on any atom is -0.492 e. The van der Waals surface area contributed by atoms with Crippen molar-refractivity contribution in [3.8, 4) is 17.1 Å². The van der Waals surface area contributed by atoms with Crippen LogP contribution in [0.3, 0.4) is 0 Å². The number of aromatic nitrogens is 3. The zero-order valence-electron chi connectivity index (χ0n) is 14.4. The van der Waals surface area contributed by atoms with Crippen molar-refractivity contribution >= 4 is 27.1 Å². The van der Waals surface area contributed by atoms with Crippen LogP contribution in [0.5, 0.6) is 5.75 Å². The number of pyridine rings is 1. The molecule has 0 radical (unpaired) electrons. The molecule has 4 rings (SSSR count). The molecular weight excluding hydrogens is 396 g/mol. The molecule has 0 aliphatic carbocycles. The zero-order chi connectivity index (χ0) is 17.8. The van der Waals surface area contributed by atoms with Crippen LogP contribution >= 0.6 is 15.9 Å². The first-order valence-electron chi connectivity index (χ1n) is 8.85. The maximum absolute atomic E-state index is 5.78. The second-order valence-corrected chi connectivity index (χ2v) is 7.24. The van der Waals surface area contributed by atoms with E-state index in [4.69, 9.17) is 9.47 Å². The number of hydrogen-bond donors (Lipinski definition) is 2. The molecule has 1 unspecified atom stereocenters. The van der Waals surface area contributed by atoms with E-state index in [1.54, 1.807) is 6.20 Å². The Morgan fingerprint density at radius 3 is 3.00 bits per heavy atom. The van der Waals surface area contributed by atoms with Crippen molar-refractivity contribution in [2.75, 3.05) is 26.3 Å². The quantitative estimate of drug-likeness (QED) is 0.576. The van der Waals surface area contributed by atoms with Gasteiger partial charge in [-0.3, -0.25) is 0 Å². The number of aromatic amines is 1. The Balaban J connectivity index is 1.29. The van der Waals surface area contributed by atoms with Gasteiger partial charge in [0, 0.05) is 35.9 Å². The van der Waals surface area contributed by atoms with Gasteiger partial charge in [-0.2, -0.15) is 0 Å². The number of ether oxygens (including phenoxy) is 2. The maximum Gasteiger partial charge on any atom is 0.178 e. The van der Waals surface area contributed by atoms with Crippen molar-refractivity contribution in [1.82, 2.24) is 20.3 Å². The molecule has 1 saturated heterocycles. The van der Waals surface area contributed by atoms with Crippen molar-refractivity contribution in [2.24, 2.45) is 0 Å². The van der Waals surface area contributed by atoms with Crippen LogP contribution in [-0.2, 0) is 4.74 Å². The van der Waals surface area contributed by atoms with E-state index in [1.807, 2.05) is 30.3 Å². The van der Waals surface area contributed by atoms with Crippen LogP contribution in [-0.4, -0.2) is 47.4 Å². The van der Waals surface area contributed by atoms with Gasteiger partial charge in [0.25, 0.3) is 0 Å². The molecule has 1 aliphatic rings. The molecule has 3 heterocycles. The molecule has 1 aliphatic heterocycles. The number of imidazole rings is 1. The summed E-state index contributed by atoms with van der Waals surface area (Å²) in [6.45, 7) is 3.24. The molecule has 2 aromatic heterocycles. The number of hydrogen-bond acceptors (Lipinski definition) is 5. The predicted molar refractivity (Wildman–Crippen MR) is 104 cm³/mol. The highest BCUT2D eigenvalue weighted by Crippen LogP contribution is 2.23. The lowest BCUT2D eigenvalue weighted by molar-refractivity contribution is 0.109. The minimum absolute atomic E-state index is 0.369. The molecule has 0 bridgehead atoms. The summed E-state index contributed by atoms with van der Waals surface area (Å²) in [4.78, 5) is 12.1. The monoisotopic (exact) mass is 416 g/mol. The van der Waals surface area contributed by atoms with Crippen molar-refractivity contribution in [3.63, 3.8) is 0 Å². The summed E-state index contributed by atoms with van der Waals surface area (Å²) in [5.41, 5.74) is 2.62. The van der Waals surface area contributed by atoms with Crippen molar-refractivity contribution in [2.45, 2.75) is 18.9 Å². The number of benzene rings is 1. The molecular formula is C19H21BrN4O2. The molecule has 0 amide bonds. The molecule has 136 valence electrons. The van der Waals surface area contributed by atoms with E-state index in [-0.39, 0.29) is 0 Å². The van der Waals surface area contributed by atoms with Crippen LogP contribution in [0.15, 0.2) is 41.0 Å². The topological polar surface area (TPSA) is 72.1 Å². The first-order chi connectivity index (χ1) is 12.8. The summed E-state index contributed by atoms with van der Waals surface area (Å²) < 4.78 is 12.3. The van der Waals surface area contributed by atoms with Gasteiger partial charge < -0.3 is 19.8 Å². The average Bonchev–Trinajstić information content (AvgIpc) is 3.31. The third-order valence-electron chi connectivity index (χ3n) is 4.38. The Bertz CT molecular complexity index is 860. The summed E-state index contributed by atoms with van der Waals surface area (Å²) in [6, 6.07) is 9.90. The molecule has 1 fully saturated rings. The van der Waals surface area contributed by atoms with Crippen molar-refractivity contribution in [1.29, 1.82) is 0 Å². The fraction of sp³-hybridized carbons (Fsp3) is 0.368. The molecule has 2 N–H and O–H groups in total. The third-order valence-corrected chi connectivity index (χ3v) is 4.81. The third kappa shape index (κ3) is 4.23. The Morgan fingerprint density at radius 2 is 2.19 bits per heavy atom. The highest BCUT2D eigenvalue weighted by molar-refractivity contribution is 9.10. The van der Waals surface area contributed by atoms with Crippen LogP contribution < -0.4 is 10.1 Å². The highest BCUT2D eigenvalue weighted by atomic mass is 79.9. The molecule has 1 aromatic carbocycles. The van der Waals surface area contributed by atoms with E-state index in [0.717, 1.165) is 53.2 Å². The summed E-state index contributed by atoms with van der Waals surface area (Å²) in [7, 11) is 0. The van der Waals surface area contributed by atoms with Gasteiger partial charge in [0.2, 0.25) is 0 Å². The maximum atomic E-state index is 5.78. The van der Waals surface area contributed by atoms with Crippen molar-refractivity contribution in [3.05, 3.63) is 41.0 Å². The van der Waals surface area contributed by atoms with Crippen molar-refractivity contribution < 1.29 is 9.47 Å². The molecule has 0 saturated carbocycles. The molecule has 1 atom stereocenters. The van der Waals surface area contributed by atoms with Crippen LogP contribution in [0.4, 0.5) is 0 Å². The van der Waals surface area contributed by atoms with Crippen LogP contribution in [0.1, 0.15) is 12.8 Å². The highest BCUT2D eigenvalue weighted by Gasteiger charge is 2.14. The lowest BCUT2D eigenvalue weighted by Crippen LogP contribution is -2.29. The van der Waals surface area contributed by atoms with E-state index >= 15 is 0 Å². The van der Waals surface area contributed by atoms with Crippen LogP contribution in [0.2, 0.25) is 0 Å². The van der Waals surface area contributed by atoms with Gasteiger partial charge in [0.05, 0.1) is 11.6 Å². The number of halogens is 1. The lowest BCUT2D eigenvalue weighted by Gasteiger charge is -2.11. The average molecular weight is 417 g/mol. The van der Waals surface area contributed by atoms with Gasteiger partial charge in [-0.05, 0) is 59.1 Å². The van der Waals surface area contributed by atoms with Gasteiger partial charge in [-0.1, -0.05) is 0 Å². The molecule has 26 heavy (non-hydrogen) atoms. The smallest absolute Gasteiger partial charge is 0.178 e. The SMILES string of the molecule is Brc1cnc2nc(-c3ccc(OCCNCC4CCCO4)cc3)[nH]c2c1. The second kappa shape index (κ2) is 8.16. The fourth-order valence-electron chi connectivity index (χ4n) is 3.03. The molecule has 0 spiro atoms. The Kier molecular flexibility index (Phi) is 5.48. The van der Waals surface area contributed by atoms with E-state index < -0.39 is 0 Å². The first-order valence-corrected chi connectivity index (χ1v) is 9.64. The largest absolute Gasteiger partial charge is 0.492 e. The van der Waals surface area contributed by atoms with Gasteiger partial charge in [0.15, 0.2) is 5.65 Å². The van der Waals surface area contributed by atoms with E-state index in [0.29, 0.717) is 18.4 Å². The Hall–Kier alpha value is -1.96. The minimum atomic E-state index is 0.369. The van der Waals surface area contributed by atoms with Gasteiger partial charge in [0.1, 0.15) is 18.2 Å². The zero-order valence-corrected chi connectivity index (χ0v) is 16.0.